The molecule has 0 radical (unpaired) electrons. The van der Waals surface area contributed by atoms with Crippen molar-refractivity contribution in [3.05, 3.63) is 59.7 Å². The van der Waals surface area contributed by atoms with Gasteiger partial charge in [0.25, 0.3) is 12.0 Å². The highest BCUT2D eigenvalue weighted by Gasteiger charge is 2.43. The number of aliphatic hydroxyl groups excluding tert-OH is 2. The van der Waals surface area contributed by atoms with E-state index in [9.17, 15) is 23.8 Å². The lowest BCUT2D eigenvalue weighted by atomic mass is 9.87. The van der Waals surface area contributed by atoms with Crippen LogP contribution in [0.5, 0.6) is 0 Å². The molecular weight excluding hydrogens is 436 g/mol. The van der Waals surface area contributed by atoms with E-state index in [2.05, 4.69) is 41.0 Å². The van der Waals surface area contributed by atoms with Gasteiger partial charge in [0, 0.05) is 5.56 Å². The Balaban J connectivity index is 1.64. The summed E-state index contributed by atoms with van der Waals surface area (Å²) in [4.78, 5) is 25.0. The molecule has 0 bridgehead atoms. The maximum absolute atomic E-state index is 13.5. The second kappa shape index (κ2) is 8.58. The Hall–Kier alpha value is -3.28. The quantitative estimate of drug-likeness (QED) is 0.548. The Morgan fingerprint density at radius 2 is 1.88 bits per heavy atom. The van der Waals surface area contributed by atoms with Crippen molar-refractivity contribution >= 4 is 22.9 Å². The molecule has 1 fully saturated rings. The van der Waals surface area contributed by atoms with E-state index in [4.69, 9.17) is 4.74 Å². The van der Waals surface area contributed by atoms with E-state index in [1.54, 1.807) is 12.1 Å². The minimum Gasteiger partial charge on any atom is -0.394 e. The van der Waals surface area contributed by atoms with Crippen LogP contribution in [0.15, 0.2) is 48.6 Å². The third-order valence-corrected chi connectivity index (χ3v) is 5.50. The predicted molar refractivity (Wildman–Crippen MR) is 115 cm³/mol. The molecule has 33 heavy (non-hydrogen) atoms. The third kappa shape index (κ3) is 4.22. The van der Waals surface area contributed by atoms with Crippen LogP contribution < -0.4 is 5.32 Å². The summed E-state index contributed by atoms with van der Waals surface area (Å²) < 4.78 is 33.6. The number of benzene rings is 1. The summed E-state index contributed by atoms with van der Waals surface area (Å²) in [5.74, 6) is -0.333. The molecule has 0 spiro atoms. The summed E-state index contributed by atoms with van der Waals surface area (Å²) in [6, 6.07) is 7.16. The number of imidazole rings is 1. The van der Waals surface area contributed by atoms with Crippen molar-refractivity contribution in [3.63, 3.8) is 0 Å². The number of fused-ring (bicyclic) bond motifs is 1. The van der Waals surface area contributed by atoms with E-state index in [1.165, 1.54) is 10.9 Å². The first-order valence-corrected chi connectivity index (χ1v) is 10.2. The summed E-state index contributed by atoms with van der Waals surface area (Å²) >= 11 is 0. The molecule has 2 aromatic heterocycles. The van der Waals surface area contributed by atoms with E-state index >= 15 is 0 Å². The number of rotatable bonds is 4. The summed E-state index contributed by atoms with van der Waals surface area (Å²) in [7, 11) is 0. The monoisotopic (exact) mass is 459 g/mol. The number of halogens is 2. The Labute approximate surface area is 187 Å². The van der Waals surface area contributed by atoms with Gasteiger partial charge in [0.2, 0.25) is 0 Å². The van der Waals surface area contributed by atoms with Crippen LogP contribution in [0.2, 0.25) is 0 Å². The summed E-state index contributed by atoms with van der Waals surface area (Å²) in [5.41, 5.74) is 1.01. The van der Waals surface area contributed by atoms with Crippen LogP contribution >= 0.6 is 0 Å². The molecule has 9 nitrogen and oxygen atoms in total. The summed E-state index contributed by atoms with van der Waals surface area (Å²) in [6.07, 6.45) is -4.08. The summed E-state index contributed by atoms with van der Waals surface area (Å²) in [6.45, 7) is 5.56. The van der Waals surface area contributed by atoms with Crippen LogP contribution in [0, 0.1) is 0 Å². The van der Waals surface area contributed by atoms with Crippen LogP contribution in [0.3, 0.4) is 0 Å². The van der Waals surface area contributed by atoms with Gasteiger partial charge in [-0.25, -0.2) is 15.0 Å². The first kappa shape index (κ1) is 22.9. The maximum Gasteiger partial charge on any atom is 0.276 e. The molecule has 1 aliphatic rings. The molecule has 3 heterocycles. The maximum atomic E-state index is 13.5. The minimum atomic E-state index is -2.12. The van der Waals surface area contributed by atoms with Crippen molar-refractivity contribution in [2.75, 3.05) is 11.9 Å². The van der Waals surface area contributed by atoms with Crippen molar-refractivity contribution < 1.29 is 28.5 Å². The number of nitrogens with one attached hydrogen (secondary N) is 1. The second-order valence-electron chi connectivity index (χ2n) is 8.70. The van der Waals surface area contributed by atoms with Crippen molar-refractivity contribution in [1.29, 1.82) is 0 Å². The molecule has 1 aliphatic heterocycles. The Bertz CT molecular complexity index is 1220. The van der Waals surface area contributed by atoms with Crippen molar-refractivity contribution in [3.8, 4) is 0 Å². The van der Waals surface area contributed by atoms with Crippen LogP contribution in [-0.2, 0) is 10.2 Å². The van der Waals surface area contributed by atoms with E-state index in [-0.39, 0.29) is 22.4 Å². The fourth-order valence-electron chi connectivity index (χ4n) is 3.64. The van der Waals surface area contributed by atoms with Gasteiger partial charge in [-0.3, -0.25) is 9.36 Å². The molecule has 0 saturated carbocycles. The highest BCUT2D eigenvalue weighted by Crippen LogP contribution is 2.38. The lowest BCUT2D eigenvalue weighted by Gasteiger charge is -2.19. The number of carbonyl (C=O) groups excluding carboxylic acids is 1. The SMILES string of the molecule is CC(C)(C)c1ccc(C(=O)Nc2ncnc3c2ncn3[C@@H]2O[C@H](CO)C(O)C2=C(F)F)cc1. The normalized spacial score (nSPS) is 20.9. The molecule has 11 heteroatoms. The number of nitrogens with zero attached hydrogens (tertiary/aromatic N) is 4. The number of amides is 1. The molecule has 1 saturated heterocycles. The van der Waals surface area contributed by atoms with Crippen LogP contribution in [-0.4, -0.2) is 54.5 Å². The number of carbonyl (C=O) groups is 1. The molecule has 4 rings (SSSR count). The zero-order chi connectivity index (χ0) is 23.9. The minimum absolute atomic E-state index is 0.0576. The van der Waals surface area contributed by atoms with Gasteiger partial charge >= 0.3 is 0 Å². The first-order chi connectivity index (χ1) is 15.6. The number of aromatic nitrogens is 4. The third-order valence-electron chi connectivity index (χ3n) is 5.50. The standard InChI is InChI=1S/C22H23F2N5O4/c1-22(2,3)12-6-4-11(5-7-12)20(32)28-18-15-19(26-9-25-18)29(10-27-15)21-14(17(23)24)16(31)13(8-30)33-21/h4-7,9-10,13,16,21,30-31H,8H2,1-3H3,(H,25,26,28,32)/t13-,16?,21-/m1/s1. The molecule has 174 valence electrons. The van der Waals surface area contributed by atoms with Crippen LogP contribution in [0.25, 0.3) is 11.2 Å². The fourth-order valence-corrected chi connectivity index (χ4v) is 3.64. The molecular formula is C22H23F2N5O4. The Morgan fingerprint density at radius 1 is 1.18 bits per heavy atom. The van der Waals surface area contributed by atoms with Crippen molar-refractivity contribution in [1.82, 2.24) is 19.5 Å². The zero-order valence-corrected chi connectivity index (χ0v) is 18.2. The average Bonchev–Trinajstić information content (AvgIpc) is 3.34. The molecule has 1 aromatic carbocycles. The van der Waals surface area contributed by atoms with Crippen molar-refractivity contribution in [2.45, 2.75) is 44.6 Å². The predicted octanol–water partition coefficient (Wildman–Crippen LogP) is 2.78. The highest BCUT2D eigenvalue weighted by molar-refractivity contribution is 6.06. The van der Waals surface area contributed by atoms with Gasteiger partial charge in [0.1, 0.15) is 18.5 Å². The number of ether oxygens (including phenoxy) is 1. The summed E-state index contributed by atoms with van der Waals surface area (Å²) in [5, 5.41) is 22.1. The molecule has 3 aromatic rings. The van der Waals surface area contributed by atoms with Gasteiger partial charge in [0.05, 0.1) is 18.5 Å². The van der Waals surface area contributed by atoms with E-state index in [1.807, 2.05) is 12.1 Å². The van der Waals surface area contributed by atoms with Gasteiger partial charge in [-0.15, -0.1) is 0 Å². The van der Waals surface area contributed by atoms with Crippen LogP contribution in [0.1, 0.15) is 42.9 Å². The van der Waals surface area contributed by atoms with E-state index in [0.29, 0.717) is 5.56 Å². The topological polar surface area (TPSA) is 122 Å². The highest BCUT2D eigenvalue weighted by atomic mass is 19.3. The Morgan fingerprint density at radius 3 is 2.48 bits per heavy atom. The van der Waals surface area contributed by atoms with Crippen molar-refractivity contribution in [2.24, 2.45) is 0 Å². The smallest absolute Gasteiger partial charge is 0.276 e. The lowest BCUT2D eigenvalue weighted by molar-refractivity contribution is -0.0423. The molecule has 3 N–H and O–H groups in total. The van der Waals surface area contributed by atoms with E-state index in [0.717, 1.165) is 11.9 Å². The number of anilines is 1. The first-order valence-electron chi connectivity index (χ1n) is 10.2. The van der Waals surface area contributed by atoms with Crippen LogP contribution in [0.4, 0.5) is 14.6 Å². The molecule has 3 atom stereocenters. The number of hydrogen-bond acceptors (Lipinski definition) is 7. The number of aliphatic hydroxyl groups is 2. The van der Waals surface area contributed by atoms with Gasteiger partial charge in [-0.2, -0.15) is 8.78 Å². The van der Waals surface area contributed by atoms with Gasteiger partial charge in [-0.1, -0.05) is 32.9 Å². The largest absolute Gasteiger partial charge is 0.394 e. The van der Waals surface area contributed by atoms with Gasteiger partial charge in [0.15, 0.2) is 23.2 Å². The van der Waals surface area contributed by atoms with Gasteiger partial charge in [-0.05, 0) is 23.1 Å². The lowest BCUT2D eigenvalue weighted by Crippen LogP contribution is -2.25. The molecule has 1 unspecified atom stereocenters. The zero-order valence-electron chi connectivity index (χ0n) is 18.2. The van der Waals surface area contributed by atoms with E-state index < -0.39 is 42.6 Å². The molecule has 0 aliphatic carbocycles. The fraction of sp³-hybridized carbons (Fsp3) is 0.364. The molecule has 1 amide bonds. The Kier molecular flexibility index (Phi) is 5.95. The second-order valence-corrected chi connectivity index (χ2v) is 8.70. The number of hydrogen-bond donors (Lipinski definition) is 3. The van der Waals surface area contributed by atoms with Gasteiger partial charge < -0.3 is 20.3 Å². The average molecular weight is 459 g/mol.